The lowest BCUT2D eigenvalue weighted by molar-refractivity contribution is 0.430. The minimum atomic E-state index is -0.702. The standard InChI is InChI=1S/C23H15N3O3/c27-21-18(12-15-13-24-19-10-4-3-8-16(15)19)22(28)26(23(29)25-21)20-11-5-7-14-6-1-2-9-17(14)20/h1-13,28H,(H,25,27,29)/b15-12+. The normalized spacial score (nSPS) is 13.9. The minimum Gasteiger partial charge on any atom is -0.494 e. The molecule has 140 valence electrons. The maximum Gasteiger partial charge on any atom is 0.335 e. The van der Waals surface area contributed by atoms with Crippen LogP contribution in [-0.4, -0.2) is 20.9 Å². The first kappa shape index (κ1) is 16.9. The van der Waals surface area contributed by atoms with Crippen molar-refractivity contribution in [3.05, 3.63) is 98.7 Å². The van der Waals surface area contributed by atoms with Crippen molar-refractivity contribution in [2.24, 2.45) is 4.99 Å². The Kier molecular flexibility index (Phi) is 3.77. The minimum absolute atomic E-state index is 0.00399. The number of hydrogen-bond acceptors (Lipinski definition) is 4. The number of rotatable bonds is 2. The molecule has 0 fully saturated rings. The summed E-state index contributed by atoms with van der Waals surface area (Å²) in [4.78, 5) is 31.7. The first-order valence-corrected chi connectivity index (χ1v) is 9.05. The molecular weight excluding hydrogens is 366 g/mol. The van der Waals surface area contributed by atoms with Crippen LogP contribution < -0.4 is 11.2 Å². The van der Waals surface area contributed by atoms with E-state index in [1.165, 1.54) is 0 Å². The molecule has 3 aromatic carbocycles. The van der Waals surface area contributed by atoms with E-state index in [1.54, 1.807) is 24.4 Å². The third-order valence-electron chi connectivity index (χ3n) is 4.99. The predicted octanol–water partition coefficient (Wildman–Crippen LogP) is 3.64. The van der Waals surface area contributed by atoms with E-state index in [9.17, 15) is 14.7 Å². The van der Waals surface area contributed by atoms with Crippen LogP contribution in [0.15, 0.2) is 81.3 Å². The van der Waals surface area contributed by atoms with E-state index in [1.807, 2.05) is 54.6 Å². The molecule has 0 bridgehead atoms. The molecule has 0 spiro atoms. The summed E-state index contributed by atoms with van der Waals surface area (Å²) in [6.45, 7) is 0. The van der Waals surface area contributed by atoms with Crippen molar-refractivity contribution in [3.63, 3.8) is 0 Å². The summed E-state index contributed by atoms with van der Waals surface area (Å²) in [7, 11) is 0. The number of nitrogens with one attached hydrogen (secondary N) is 1. The monoisotopic (exact) mass is 381 g/mol. The first-order chi connectivity index (χ1) is 14.1. The molecule has 4 aromatic rings. The largest absolute Gasteiger partial charge is 0.494 e. The Labute approximate surface area is 164 Å². The zero-order chi connectivity index (χ0) is 20.0. The summed E-state index contributed by atoms with van der Waals surface area (Å²) in [6.07, 6.45) is 3.18. The van der Waals surface area contributed by atoms with Gasteiger partial charge in [-0.05, 0) is 23.6 Å². The van der Waals surface area contributed by atoms with Gasteiger partial charge in [0.1, 0.15) is 5.56 Å². The molecule has 0 saturated heterocycles. The van der Waals surface area contributed by atoms with Gasteiger partial charge in [0.25, 0.3) is 5.56 Å². The molecule has 1 aliphatic rings. The van der Waals surface area contributed by atoms with Crippen LogP contribution in [0.3, 0.4) is 0 Å². The van der Waals surface area contributed by atoms with Crippen molar-refractivity contribution in [2.75, 3.05) is 0 Å². The van der Waals surface area contributed by atoms with Crippen LogP contribution in [0, 0.1) is 0 Å². The number of aromatic hydroxyl groups is 1. The number of nitrogens with zero attached hydrogens (tertiary/aromatic N) is 2. The highest BCUT2D eigenvalue weighted by atomic mass is 16.3. The van der Waals surface area contributed by atoms with Gasteiger partial charge in [-0.2, -0.15) is 0 Å². The summed E-state index contributed by atoms with van der Waals surface area (Å²) in [5, 5.41) is 12.6. The molecule has 2 heterocycles. The number of fused-ring (bicyclic) bond motifs is 2. The average molecular weight is 381 g/mol. The Balaban J connectivity index is 1.77. The molecule has 1 aliphatic heterocycles. The lowest BCUT2D eigenvalue weighted by Crippen LogP contribution is -2.30. The fraction of sp³-hybridized carbons (Fsp3) is 0. The lowest BCUT2D eigenvalue weighted by atomic mass is 10.0. The summed E-state index contributed by atoms with van der Waals surface area (Å²) in [5.41, 5.74) is 1.45. The SMILES string of the molecule is O=c1[nH]c(=O)n(-c2cccc3ccccc23)c(O)c1/C=C1\C=Nc2ccccc21. The van der Waals surface area contributed by atoms with Gasteiger partial charge in [0.2, 0.25) is 5.88 Å². The Bertz CT molecular complexity index is 1450. The maximum absolute atomic E-state index is 12.6. The molecular formula is C23H15N3O3. The van der Waals surface area contributed by atoms with Gasteiger partial charge in [-0.1, -0.05) is 54.6 Å². The second kappa shape index (κ2) is 6.45. The van der Waals surface area contributed by atoms with Crippen molar-refractivity contribution in [2.45, 2.75) is 0 Å². The number of aliphatic imine (C=N–C) groups is 1. The maximum atomic E-state index is 12.6. The van der Waals surface area contributed by atoms with Crippen LogP contribution in [-0.2, 0) is 0 Å². The van der Waals surface area contributed by atoms with E-state index in [-0.39, 0.29) is 5.56 Å². The van der Waals surface area contributed by atoms with Gasteiger partial charge < -0.3 is 5.11 Å². The van der Waals surface area contributed by atoms with Gasteiger partial charge in [-0.3, -0.25) is 14.8 Å². The number of aromatic amines is 1. The van der Waals surface area contributed by atoms with E-state index in [4.69, 9.17) is 0 Å². The van der Waals surface area contributed by atoms with Crippen LogP contribution in [0.2, 0.25) is 0 Å². The Hall–Kier alpha value is -4.19. The number of hydrogen-bond donors (Lipinski definition) is 2. The molecule has 6 heteroatoms. The number of para-hydroxylation sites is 1. The molecule has 1 aromatic heterocycles. The zero-order valence-corrected chi connectivity index (χ0v) is 15.2. The predicted molar refractivity (Wildman–Crippen MR) is 114 cm³/mol. The van der Waals surface area contributed by atoms with Crippen LogP contribution in [0.25, 0.3) is 28.1 Å². The number of H-pyrrole nitrogens is 1. The second-order valence-electron chi connectivity index (χ2n) is 6.71. The smallest absolute Gasteiger partial charge is 0.335 e. The van der Waals surface area contributed by atoms with E-state index in [2.05, 4.69) is 9.98 Å². The second-order valence-corrected chi connectivity index (χ2v) is 6.71. The molecule has 2 N–H and O–H groups in total. The molecule has 0 aliphatic carbocycles. The number of allylic oxidation sites excluding steroid dienone is 1. The van der Waals surface area contributed by atoms with Crippen molar-refractivity contribution in [1.82, 2.24) is 9.55 Å². The first-order valence-electron chi connectivity index (χ1n) is 9.05. The molecule has 6 nitrogen and oxygen atoms in total. The Morgan fingerprint density at radius 2 is 1.69 bits per heavy atom. The summed E-state index contributed by atoms with van der Waals surface area (Å²) in [5.74, 6) is -0.416. The zero-order valence-electron chi connectivity index (χ0n) is 15.2. The van der Waals surface area contributed by atoms with Crippen LogP contribution in [0.5, 0.6) is 5.88 Å². The highest BCUT2D eigenvalue weighted by molar-refractivity contribution is 6.21. The highest BCUT2D eigenvalue weighted by Crippen LogP contribution is 2.33. The number of aromatic nitrogens is 2. The van der Waals surface area contributed by atoms with Crippen LogP contribution in [0.4, 0.5) is 5.69 Å². The van der Waals surface area contributed by atoms with Crippen LogP contribution >= 0.6 is 0 Å². The van der Waals surface area contributed by atoms with Gasteiger partial charge >= 0.3 is 5.69 Å². The Morgan fingerprint density at radius 1 is 0.931 bits per heavy atom. The van der Waals surface area contributed by atoms with E-state index in [0.717, 1.165) is 26.6 Å². The molecule has 0 radical (unpaired) electrons. The highest BCUT2D eigenvalue weighted by Gasteiger charge is 2.18. The summed E-state index contributed by atoms with van der Waals surface area (Å²) in [6, 6.07) is 20.5. The van der Waals surface area contributed by atoms with E-state index >= 15 is 0 Å². The third kappa shape index (κ3) is 2.70. The molecule has 0 saturated carbocycles. The number of benzene rings is 3. The molecule has 29 heavy (non-hydrogen) atoms. The Morgan fingerprint density at radius 3 is 2.59 bits per heavy atom. The average Bonchev–Trinajstić information content (AvgIpc) is 3.14. The van der Waals surface area contributed by atoms with Gasteiger partial charge in [-0.15, -0.1) is 0 Å². The topological polar surface area (TPSA) is 87.5 Å². The fourth-order valence-corrected chi connectivity index (χ4v) is 3.60. The molecule has 0 unspecified atom stereocenters. The third-order valence-corrected chi connectivity index (χ3v) is 4.99. The fourth-order valence-electron chi connectivity index (χ4n) is 3.60. The van der Waals surface area contributed by atoms with Crippen molar-refractivity contribution >= 4 is 34.3 Å². The van der Waals surface area contributed by atoms with Gasteiger partial charge in [0, 0.05) is 22.7 Å². The van der Waals surface area contributed by atoms with Crippen LogP contribution in [0.1, 0.15) is 11.1 Å². The van der Waals surface area contributed by atoms with Gasteiger partial charge in [0.15, 0.2) is 0 Å². The van der Waals surface area contributed by atoms with E-state index in [0.29, 0.717) is 11.3 Å². The molecule has 0 amide bonds. The van der Waals surface area contributed by atoms with Crippen molar-refractivity contribution in [1.29, 1.82) is 0 Å². The molecule has 0 atom stereocenters. The van der Waals surface area contributed by atoms with Crippen molar-refractivity contribution in [3.8, 4) is 11.6 Å². The lowest BCUT2D eigenvalue weighted by Gasteiger charge is -2.12. The van der Waals surface area contributed by atoms with E-state index < -0.39 is 17.1 Å². The van der Waals surface area contributed by atoms with Gasteiger partial charge in [-0.25, -0.2) is 9.36 Å². The molecule has 5 rings (SSSR count). The van der Waals surface area contributed by atoms with Gasteiger partial charge in [0.05, 0.1) is 11.4 Å². The quantitative estimate of drug-likeness (QED) is 0.556. The summed E-state index contributed by atoms with van der Waals surface area (Å²) < 4.78 is 1.12. The summed E-state index contributed by atoms with van der Waals surface area (Å²) >= 11 is 0. The van der Waals surface area contributed by atoms with Crippen molar-refractivity contribution < 1.29 is 5.11 Å².